The van der Waals surface area contributed by atoms with Crippen LogP contribution in [0.2, 0.25) is 0 Å². The molecule has 3 nitrogen and oxygen atoms in total. The predicted octanol–water partition coefficient (Wildman–Crippen LogP) is 13.7. The molecule has 9 aromatic carbocycles. The molecule has 0 amide bonds. The summed E-state index contributed by atoms with van der Waals surface area (Å²) in [6, 6.07) is 71.7. The van der Waals surface area contributed by atoms with Crippen molar-refractivity contribution >= 4 is 54.1 Å². The highest BCUT2D eigenvalue weighted by atomic mass is 15.1. The predicted molar refractivity (Wildman–Crippen MR) is 231 cm³/mol. The molecule has 2 aromatic heterocycles. The van der Waals surface area contributed by atoms with Crippen LogP contribution < -0.4 is 0 Å². The van der Waals surface area contributed by atoms with Gasteiger partial charge in [0.2, 0.25) is 0 Å². The minimum atomic E-state index is 0.700. The molecular formula is C52H33N3. The average Bonchev–Trinajstić information content (AvgIpc) is 3.61. The topological polar surface area (TPSA) is 30.7 Å². The minimum absolute atomic E-state index is 0.700. The summed E-state index contributed by atoms with van der Waals surface area (Å²) in [5.41, 5.74) is 9.98. The van der Waals surface area contributed by atoms with E-state index in [1.807, 2.05) is 24.3 Å². The second kappa shape index (κ2) is 12.6. The number of benzene rings is 9. The summed E-state index contributed by atoms with van der Waals surface area (Å²) < 4.78 is 2.31. The molecule has 55 heavy (non-hydrogen) atoms. The first-order chi connectivity index (χ1) is 27.2. The number of hydrogen-bond acceptors (Lipinski definition) is 2. The van der Waals surface area contributed by atoms with Crippen LogP contribution in [0.15, 0.2) is 200 Å². The molecule has 0 spiro atoms. The van der Waals surface area contributed by atoms with E-state index < -0.39 is 0 Å². The molecule has 0 bridgehead atoms. The van der Waals surface area contributed by atoms with Gasteiger partial charge in [-0.25, -0.2) is 9.97 Å². The third-order valence-electron chi connectivity index (χ3n) is 11.0. The van der Waals surface area contributed by atoms with Gasteiger partial charge in [-0.2, -0.15) is 0 Å². The van der Waals surface area contributed by atoms with Crippen molar-refractivity contribution in [2.45, 2.75) is 0 Å². The first kappa shape index (κ1) is 31.2. The summed E-state index contributed by atoms with van der Waals surface area (Å²) in [4.78, 5) is 10.3. The Morgan fingerprint density at radius 1 is 0.309 bits per heavy atom. The Kier molecular flexibility index (Phi) is 7.17. The summed E-state index contributed by atoms with van der Waals surface area (Å²) in [6.07, 6.45) is 0. The van der Waals surface area contributed by atoms with E-state index in [4.69, 9.17) is 9.97 Å². The molecule has 0 aliphatic heterocycles. The zero-order valence-electron chi connectivity index (χ0n) is 29.9. The standard InChI is InChI=1S/C52H33N3/c1-3-12-37(13-4-1)47-33-50(54-52(53-47)38-14-5-2-6-15-38)55-48-18-10-9-17-45(48)51-46-32-43(26-22-36(46)27-28-49(51)55)42-25-21-35-20-24-41(30-44(35)31-42)40-23-19-34-11-7-8-16-39(34)29-40/h1-33H. The SMILES string of the molecule is c1ccc(-c2cc(-n3c4ccccc4c4c5cc(-c6ccc7ccc(-c8ccc9ccccc9c8)cc7c6)ccc5ccc43)nc(-c3ccccc3)n2)cc1. The van der Waals surface area contributed by atoms with Crippen molar-refractivity contribution < 1.29 is 0 Å². The average molecular weight is 700 g/mol. The Morgan fingerprint density at radius 3 is 1.58 bits per heavy atom. The number of rotatable bonds is 5. The van der Waals surface area contributed by atoms with Crippen molar-refractivity contribution in [3.8, 4) is 50.7 Å². The molecular weight excluding hydrogens is 667 g/mol. The monoisotopic (exact) mass is 699 g/mol. The van der Waals surface area contributed by atoms with Crippen LogP contribution in [0.3, 0.4) is 0 Å². The largest absolute Gasteiger partial charge is 0.294 e. The molecule has 0 atom stereocenters. The molecule has 0 saturated heterocycles. The lowest BCUT2D eigenvalue weighted by atomic mass is 9.95. The Morgan fingerprint density at radius 2 is 0.855 bits per heavy atom. The molecule has 11 aromatic rings. The number of para-hydroxylation sites is 1. The molecule has 0 unspecified atom stereocenters. The van der Waals surface area contributed by atoms with E-state index in [-0.39, 0.29) is 0 Å². The quantitative estimate of drug-likeness (QED) is 0.179. The lowest BCUT2D eigenvalue weighted by Crippen LogP contribution is -2.02. The smallest absolute Gasteiger partial charge is 0.162 e. The summed E-state index contributed by atoms with van der Waals surface area (Å²) >= 11 is 0. The maximum atomic E-state index is 5.24. The lowest BCUT2D eigenvalue weighted by molar-refractivity contribution is 1.05. The van der Waals surface area contributed by atoms with Crippen LogP contribution in [0.5, 0.6) is 0 Å². The van der Waals surface area contributed by atoms with E-state index in [1.165, 1.54) is 65.3 Å². The van der Waals surface area contributed by atoms with Crippen molar-refractivity contribution in [3.05, 3.63) is 200 Å². The van der Waals surface area contributed by atoms with Gasteiger partial charge in [-0.1, -0.05) is 158 Å². The number of nitrogens with zero attached hydrogens (tertiary/aromatic N) is 3. The van der Waals surface area contributed by atoms with Crippen molar-refractivity contribution in [3.63, 3.8) is 0 Å². The first-order valence-corrected chi connectivity index (χ1v) is 18.7. The third-order valence-corrected chi connectivity index (χ3v) is 11.0. The molecule has 0 saturated carbocycles. The van der Waals surface area contributed by atoms with Gasteiger partial charge in [-0.05, 0) is 91.0 Å². The van der Waals surface area contributed by atoms with Crippen LogP contribution in [-0.2, 0) is 0 Å². The summed E-state index contributed by atoms with van der Waals surface area (Å²) in [5, 5.41) is 9.81. The van der Waals surface area contributed by atoms with Gasteiger partial charge >= 0.3 is 0 Å². The highest BCUT2D eigenvalue weighted by Crippen LogP contribution is 2.39. The van der Waals surface area contributed by atoms with Gasteiger partial charge in [-0.3, -0.25) is 4.57 Å². The number of hydrogen-bond donors (Lipinski definition) is 0. The molecule has 0 radical (unpaired) electrons. The highest BCUT2D eigenvalue weighted by Gasteiger charge is 2.18. The minimum Gasteiger partial charge on any atom is -0.294 e. The van der Waals surface area contributed by atoms with Crippen LogP contribution in [0.1, 0.15) is 0 Å². The summed E-state index contributed by atoms with van der Waals surface area (Å²) in [5.74, 6) is 1.54. The third kappa shape index (κ3) is 5.36. The summed E-state index contributed by atoms with van der Waals surface area (Å²) in [7, 11) is 0. The van der Waals surface area contributed by atoms with E-state index in [0.717, 1.165) is 33.7 Å². The Labute approximate surface area is 318 Å². The van der Waals surface area contributed by atoms with Crippen LogP contribution in [0, 0.1) is 0 Å². The molecule has 2 heterocycles. The maximum absolute atomic E-state index is 5.24. The molecule has 256 valence electrons. The molecule has 0 fully saturated rings. The molecule has 0 N–H and O–H groups in total. The van der Waals surface area contributed by atoms with Crippen LogP contribution in [0.4, 0.5) is 0 Å². The van der Waals surface area contributed by atoms with E-state index in [9.17, 15) is 0 Å². The van der Waals surface area contributed by atoms with E-state index >= 15 is 0 Å². The zero-order valence-corrected chi connectivity index (χ0v) is 29.9. The number of aromatic nitrogens is 3. The van der Waals surface area contributed by atoms with E-state index in [0.29, 0.717) is 5.82 Å². The van der Waals surface area contributed by atoms with Crippen molar-refractivity contribution in [2.24, 2.45) is 0 Å². The summed E-state index contributed by atoms with van der Waals surface area (Å²) in [6.45, 7) is 0. The van der Waals surface area contributed by atoms with Gasteiger partial charge in [0.1, 0.15) is 5.82 Å². The van der Waals surface area contributed by atoms with E-state index in [2.05, 4.69) is 180 Å². The van der Waals surface area contributed by atoms with Crippen molar-refractivity contribution in [2.75, 3.05) is 0 Å². The lowest BCUT2D eigenvalue weighted by Gasteiger charge is -2.12. The fourth-order valence-corrected chi connectivity index (χ4v) is 8.21. The van der Waals surface area contributed by atoms with Gasteiger partial charge in [-0.15, -0.1) is 0 Å². The normalized spacial score (nSPS) is 11.6. The Hall–Kier alpha value is -7.36. The fraction of sp³-hybridized carbons (Fsp3) is 0. The first-order valence-electron chi connectivity index (χ1n) is 18.7. The van der Waals surface area contributed by atoms with Crippen molar-refractivity contribution in [1.82, 2.24) is 14.5 Å². The Balaban J connectivity index is 1.08. The van der Waals surface area contributed by atoms with Gasteiger partial charge in [0.25, 0.3) is 0 Å². The molecule has 0 aliphatic rings. The Bertz CT molecular complexity index is 3190. The van der Waals surface area contributed by atoms with Gasteiger partial charge in [0.15, 0.2) is 5.82 Å². The van der Waals surface area contributed by atoms with Crippen molar-refractivity contribution in [1.29, 1.82) is 0 Å². The second-order valence-electron chi connectivity index (χ2n) is 14.3. The molecule has 3 heteroatoms. The van der Waals surface area contributed by atoms with Crippen LogP contribution in [0.25, 0.3) is 105 Å². The van der Waals surface area contributed by atoms with Gasteiger partial charge < -0.3 is 0 Å². The van der Waals surface area contributed by atoms with Crippen LogP contribution in [-0.4, -0.2) is 14.5 Å². The number of fused-ring (bicyclic) bond motifs is 7. The van der Waals surface area contributed by atoms with Gasteiger partial charge in [0, 0.05) is 28.0 Å². The van der Waals surface area contributed by atoms with Gasteiger partial charge in [0.05, 0.1) is 16.7 Å². The highest BCUT2D eigenvalue weighted by molar-refractivity contribution is 6.21. The van der Waals surface area contributed by atoms with E-state index in [1.54, 1.807) is 0 Å². The van der Waals surface area contributed by atoms with Crippen LogP contribution >= 0.6 is 0 Å². The molecule has 11 rings (SSSR count). The maximum Gasteiger partial charge on any atom is 0.162 e. The molecule has 0 aliphatic carbocycles. The zero-order chi connectivity index (χ0) is 36.3. The second-order valence-corrected chi connectivity index (χ2v) is 14.3. The fourth-order valence-electron chi connectivity index (χ4n) is 8.21.